The van der Waals surface area contributed by atoms with Crippen molar-refractivity contribution in [2.45, 2.75) is 29.4 Å². The Morgan fingerprint density at radius 3 is 2.82 bits per heavy atom. The summed E-state index contributed by atoms with van der Waals surface area (Å²) in [5.74, 6) is -0.0946. The molecule has 2 aromatic rings. The Bertz CT molecular complexity index is 824. The maximum Gasteiger partial charge on any atom is 0.240 e. The van der Waals surface area contributed by atoms with Gasteiger partial charge in [0.05, 0.1) is 19.3 Å². The van der Waals surface area contributed by atoms with Gasteiger partial charge in [0.15, 0.2) is 5.16 Å². The number of benzene rings is 1. The molecule has 28 heavy (non-hydrogen) atoms. The number of amides is 1. The molecule has 0 saturated carbocycles. The van der Waals surface area contributed by atoms with Gasteiger partial charge < -0.3 is 14.2 Å². The number of aromatic nitrogens is 2. The minimum absolute atomic E-state index is 0.127. The van der Waals surface area contributed by atoms with E-state index in [0.29, 0.717) is 38.4 Å². The highest BCUT2D eigenvalue weighted by atomic mass is 32.2. The highest BCUT2D eigenvalue weighted by molar-refractivity contribution is 7.99. The lowest BCUT2D eigenvalue weighted by molar-refractivity contribution is -0.140. The minimum atomic E-state index is -0.240. The van der Waals surface area contributed by atoms with Gasteiger partial charge >= 0.3 is 0 Å². The van der Waals surface area contributed by atoms with E-state index >= 15 is 0 Å². The standard InChI is InChI=1S/C20H25FN4O2S/c1-23-7-6-22-20(23)28-16-12-18(19(26)24-8-10-27-11-9-24)25(14-16)13-15-4-2-3-5-17(15)21/h2-7,16,18H,8-14H2,1H3/t16-,18+/m1/s1. The van der Waals surface area contributed by atoms with Crippen molar-refractivity contribution < 1.29 is 13.9 Å². The summed E-state index contributed by atoms with van der Waals surface area (Å²) < 4.78 is 21.6. The van der Waals surface area contributed by atoms with E-state index < -0.39 is 0 Å². The van der Waals surface area contributed by atoms with Crippen molar-refractivity contribution in [3.63, 3.8) is 0 Å². The normalized spacial score (nSPS) is 23.3. The monoisotopic (exact) mass is 404 g/mol. The average Bonchev–Trinajstić information content (AvgIpc) is 3.30. The molecule has 4 rings (SSSR count). The van der Waals surface area contributed by atoms with Crippen LogP contribution in [0.5, 0.6) is 0 Å². The second-order valence-electron chi connectivity index (χ2n) is 7.27. The fourth-order valence-electron chi connectivity index (χ4n) is 3.83. The summed E-state index contributed by atoms with van der Waals surface area (Å²) in [7, 11) is 1.97. The molecule has 0 aliphatic carbocycles. The Balaban J connectivity index is 1.52. The lowest BCUT2D eigenvalue weighted by Crippen LogP contribution is -2.49. The number of thioether (sulfide) groups is 1. The molecule has 2 aliphatic rings. The summed E-state index contributed by atoms with van der Waals surface area (Å²) in [5.41, 5.74) is 0.630. The lowest BCUT2D eigenvalue weighted by atomic mass is 10.1. The quantitative estimate of drug-likeness (QED) is 0.764. The van der Waals surface area contributed by atoms with E-state index in [1.54, 1.807) is 30.1 Å². The second-order valence-corrected chi connectivity index (χ2v) is 8.54. The maximum absolute atomic E-state index is 14.2. The molecule has 2 atom stereocenters. The van der Waals surface area contributed by atoms with E-state index in [-0.39, 0.29) is 23.0 Å². The molecular formula is C20H25FN4O2S. The van der Waals surface area contributed by atoms with Gasteiger partial charge in [-0.1, -0.05) is 30.0 Å². The van der Waals surface area contributed by atoms with Crippen molar-refractivity contribution in [1.82, 2.24) is 19.4 Å². The predicted molar refractivity (Wildman–Crippen MR) is 105 cm³/mol. The number of carbonyl (C=O) groups is 1. The Labute approximate surface area is 168 Å². The van der Waals surface area contributed by atoms with E-state index in [4.69, 9.17) is 4.74 Å². The fraction of sp³-hybridized carbons (Fsp3) is 0.500. The van der Waals surface area contributed by atoms with Crippen LogP contribution in [0.25, 0.3) is 0 Å². The largest absolute Gasteiger partial charge is 0.378 e. The van der Waals surface area contributed by atoms with Crippen LogP contribution < -0.4 is 0 Å². The summed E-state index contributed by atoms with van der Waals surface area (Å²) in [6, 6.07) is 6.57. The van der Waals surface area contributed by atoms with Crippen LogP contribution in [0.4, 0.5) is 4.39 Å². The van der Waals surface area contributed by atoms with Gasteiger partial charge in [-0.25, -0.2) is 9.37 Å². The fourth-order valence-corrected chi connectivity index (χ4v) is 5.02. The summed E-state index contributed by atoms with van der Waals surface area (Å²) in [6.07, 6.45) is 4.44. The number of rotatable bonds is 5. The van der Waals surface area contributed by atoms with E-state index in [1.165, 1.54) is 6.07 Å². The van der Waals surface area contributed by atoms with Crippen LogP contribution in [0.1, 0.15) is 12.0 Å². The molecule has 0 N–H and O–H groups in total. The van der Waals surface area contributed by atoms with Gasteiger partial charge in [0.2, 0.25) is 5.91 Å². The van der Waals surface area contributed by atoms with Crippen LogP contribution in [0.2, 0.25) is 0 Å². The molecule has 0 unspecified atom stereocenters. The van der Waals surface area contributed by atoms with Crippen LogP contribution in [0, 0.1) is 5.82 Å². The van der Waals surface area contributed by atoms with E-state index in [9.17, 15) is 9.18 Å². The topological polar surface area (TPSA) is 50.6 Å². The minimum Gasteiger partial charge on any atom is -0.378 e. The molecule has 8 heteroatoms. The number of ether oxygens (including phenoxy) is 1. The molecule has 0 spiro atoms. The van der Waals surface area contributed by atoms with Crippen LogP contribution >= 0.6 is 11.8 Å². The average molecular weight is 405 g/mol. The van der Waals surface area contributed by atoms with Gasteiger partial charge in [-0.2, -0.15) is 0 Å². The molecule has 2 fully saturated rings. The Morgan fingerprint density at radius 2 is 2.11 bits per heavy atom. The Kier molecular flexibility index (Phi) is 5.99. The van der Waals surface area contributed by atoms with Gasteiger partial charge in [0.1, 0.15) is 5.82 Å². The molecule has 0 radical (unpaired) electrons. The van der Waals surface area contributed by atoms with Gasteiger partial charge in [-0.15, -0.1) is 0 Å². The highest BCUT2D eigenvalue weighted by Gasteiger charge is 2.40. The number of halogens is 1. The molecule has 1 aromatic carbocycles. The smallest absolute Gasteiger partial charge is 0.240 e. The number of aryl methyl sites for hydroxylation is 1. The second kappa shape index (κ2) is 8.63. The first-order valence-electron chi connectivity index (χ1n) is 9.60. The molecule has 0 bridgehead atoms. The third-order valence-corrected chi connectivity index (χ3v) is 6.63. The van der Waals surface area contributed by atoms with Crippen molar-refractivity contribution in [3.05, 3.63) is 48.0 Å². The van der Waals surface area contributed by atoms with Gasteiger partial charge in [0.25, 0.3) is 0 Å². The maximum atomic E-state index is 14.2. The number of likely N-dealkylation sites (tertiary alicyclic amines) is 1. The molecule has 2 aliphatic heterocycles. The van der Waals surface area contributed by atoms with Crippen molar-refractivity contribution in [2.24, 2.45) is 7.05 Å². The SMILES string of the molecule is Cn1ccnc1S[C@@H]1C[C@@H](C(=O)N2CCOCC2)N(Cc2ccccc2F)C1. The molecule has 2 saturated heterocycles. The van der Waals surface area contributed by atoms with E-state index in [2.05, 4.69) is 9.88 Å². The van der Waals surface area contributed by atoms with Gasteiger partial charge in [0, 0.05) is 56.4 Å². The number of imidazole rings is 1. The first-order chi connectivity index (χ1) is 13.6. The summed E-state index contributed by atoms with van der Waals surface area (Å²) in [4.78, 5) is 21.6. The molecule has 1 amide bonds. The van der Waals surface area contributed by atoms with Crippen LogP contribution in [-0.2, 0) is 23.1 Å². The number of hydrogen-bond acceptors (Lipinski definition) is 5. The molecule has 1 aromatic heterocycles. The zero-order valence-electron chi connectivity index (χ0n) is 16.0. The third-order valence-electron chi connectivity index (χ3n) is 5.35. The van der Waals surface area contributed by atoms with Crippen molar-refractivity contribution in [1.29, 1.82) is 0 Å². The zero-order chi connectivity index (χ0) is 19.5. The first-order valence-corrected chi connectivity index (χ1v) is 10.5. The Morgan fingerprint density at radius 1 is 1.32 bits per heavy atom. The lowest BCUT2D eigenvalue weighted by Gasteiger charge is -2.32. The van der Waals surface area contributed by atoms with E-state index in [1.807, 2.05) is 28.8 Å². The number of morpholine rings is 1. The van der Waals surface area contributed by atoms with Crippen LogP contribution in [0.15, 0.2) is 41.8 Å². The molecule has 6 nitrogen and oxygen atoms in total. The van der Waals surface area contributed by atoms with E-state index in [0.717, 1.165) is 18.1 Å². The van der Waals surface area contributed by atoms with Crippen molar-refractivity contribution in [3.8, 4) is 0 Å². The zero-order valence-corrected chi connectivity index (χ0v) is 16.8. The van der Waals surface area contributed by atoms with Crippen molar-refractivity contribution >= 4 is 17.7 Å². The van der Waals surface area contributed by atoms with Gasteiger partial charge in [-0.3, -0.25) is 9.69 Å². The summed E-state index contributed by atoms with van der Waals surface area (Å²) in [6.45, 7) is 3.58. The molecule has 3 heterocycles. The number of nitrogens with zero attached hydrogens (tertiary/aromatic N) is 4. The summed E-state index contributed by atoms with van der Waals surface area (Å²) in [5, 5.41) is 1.18. The number of hydrogen-bond donors (Lipinski definition) is 0. The number of carbonyl (C=O) groups excluding carboxylic acids is 1. The molecule has 150 valence electrons. The van der Waals surface area contributed by atoms with Gasteiger partial charge in [-0.05, 0) is 12.5 Å². The molecular weight excluding hydrogens is 379 g/mol. The first kappa shape index (κ1) is 19.4. The van der Waals surface area contributed by atoms with Crippen molar-refractivity contribution in [2.75, 3.05) is 32.8 Å². The Hall–Kier alpha value is -1.90. The van der Waals surface area contributed by atoms with Crippen LogP contribution in [-0.4, -0.2) is 69.4 Å². The summed E-state index contributed by atoms with van der Waals surface area (Å²) >= 11 is 1.69. The predicted octanol–water partition coefficient (Wildman–Crippen LogP) is 2.15. The van der Waals surface area contributed by atoms with Crippen LogP contribution in [0.3, 0.4) is 0 Å². The third kappa shape index (κ3) is 4.24. The highest BCUT2D eigenvalue weighted by Crippen LogP contribution is 2.34.